The average molecular weight is 272 g/mol. The Kier molecular flexibility index (Phi) is 2.77. The second kappa shape index (κ2) is 4.63. The molecule has 106 valence electrons. The number of fused-ring (bicyclic) bond motifs is 1. The second-order valence-electron chi connectivity index (χ2n) is 5.78. The van der Waals surface area contributed by atoms with Crippen molar-refractivity contribution >= 4 is 17.3 Å². The molecule has 2 N–H and O–H groups in total. The smallest absolute Gasteiger partial charge is 0.180 e. The molecule has 0 spiro atoms. The van der Waals surface area contributed by atoms with Crippen molar-refractivity contribution in [3.05, 3.63) is 18.6 Å². The van der Waals surface area contributed by atoms with Crippen LogP contribution in [0, 0.1) is 0 Å². The van der Waals surface area contributed by atoms with Crippen LogP contribution in [0.15, 0.2) is 18.6 Å². The molecule has 0 amide bonds. The van der Waals surface area contributed by atoms with Crippen LogP contribution in [0.25, 0.3) is 5.65 Å². The molecule has 2 aliphatic rings. The quantitative estimate of drug-likeness (QED) is 0.883. The highest BCUT2D eigenvalue weighted by Gasteiger charge is 2.31. The van der Waals surface area contributed by atoms with Crippen LogP contribution >= 0.6 is 0 Å². The van der Waals surface area contributed by atoms with Crippen molar-refractivity contribution in [2.75, 3.05) is 36.8 Å². The van der Waals surface area contributed by atoms with Gasteiger partial charge in [0.05, 0.1) is 6.20 Å². The minimum absolute atomic E-state index is 0.551. The zero-order chi connectivity index (χ0) is 13.5. The van der Waals surface area contributed by atoms with Crippen LogP contribution in [-0.4, -0.2) is 51.5 Å². The van der Waals surface area contributed by atoms with Gasteiger partial charge in [-0.25, -0.2) is 9.97 Å². The van der Waals surface area contributed by atoms with Crippen molar-refractivity contribution in [3.63, 3.8) is 0 Å². The van der Waals surface area contributed by atoms with Crippen LogP contribution in [0.5, 0.6) is 0 Å². The minimum Gasteiger partial charge on any atom is -0.382 e. The molecule has 1 atom stereocenters. The molecule has 4 heterocycles. The summed E-state index contributed by atoms with van der Waals surface area (Å²) in [7, 11) is 0. The van der Waals surface area contributed by atoms with Crippen LogP contribution < -0.4 is 10.6 Å². The molecule has 0 bridgehead atoms. The van der Waals surface area contributed by atoms with E-state index in [4.69, 9.17) is 5.73 Å². The highest BCUT2D eigenvalue weighted by molar-refractivity contribution is 5.66. The summed E-state index contributed by atoms with van der Waals surface area (Å²) in [6, 6.07) is 0.663. The zero-order valence-corrected chi connectivity index (χ0v) is 11.6. The molecule has 20 heavy (non-hydrogen) atoms. The van der Waals surface area contributed by atoms with Crippen molar-refractivity contribution in [3.8, 4) is 0 Å². The molecule has 2 aromatic rings. The van der Waals surface area contributed by atoms with Crippen LogP contribution in [0.4, 0.5) is 11.6 Å². The summed E-state index contributed by atoms with van der Waals surface area (Å²) in [4.78, 5) is 13.9. The van der Waals surface area contributed by atoms with Gasteiger partial charge >= 0.3 is 0 Å². The summed E-state index contributed by atoms with van der Waals surface area (Å²) in [5, 5.41) is 0. The second-order valence-corrected chi connectivity index (χ2v) is 5.78. The van der Waals surface area contributed by atoms with Gasteiger partial charge in [-0.05, 0) is 32.4 Å². The Morgan fingerprint density at radius 3 is 2.90 bits per heavy atom. The lowest BCUT2D eigenvalue weighted by Crippen LogP contribution is -2.35. The van der Waals surface area contributed by atoms with Gasteiger partial charge in [-0.1, -0.05) is 0 Å². The number of aromatic nitrogens is 3. The molecule has 0 saturated carbocycles. The van der Waals surface area contributed by atoms with Gasteiger partial charge in [0.2, 0.25) is 0 Å². The van der Waals surface area contributed by atoms with Crippen molar-refractivity contribution in [1.29, 1.82) is 0 Å². The average Bonchev–Trinajstić information content (AvgIpc) is 3.18. The largest absolute Gasteiger partial charge is 0.382 e. The first-order chi connectivity index (χ1) is 9.81. The van der Waals surface area contributed by atoms with Gasteiger partial charge in [0.25, 0.3) is 0 Å². The molecule has 0 aliphatic carbocycles. The number of rotatable bonds is 2. The first kappa shape index (κ1) is 12.0. The Labute approximate surface area is 118 Å². The van der Waals surface area contributed by atoms with Gasteiger partial charge in [0.1, 0.15) is 5.82 Å². The highest BCUT2D eigenvalue weighted by atomic mass is 15.3. The Balaban J connectivity index is 1.62. The van der Waals surface area contributed by atoms with Gasteiger partial charge in [-0.2, -0.15) is 0 Å². The van der Waals surface area contributed by atoms with Crippen molar-refractivity contribution in [2.45, 2.75) is 25.3 Å². The molecule has 1 unspecified atom stereocenters. The molecule has 4 rings (SSSR count). The van der Waals surface area contributed by atoms with Gasteiger partial charge < -0.3 is 15.0 Å². The zero-order valence-electron chi connectivity index (χ0n) is 11.6. The maximum Gasteiger partial charge on any atom is 0.180 e. The summed E-state index contributed by atoms with van der Waals surface area (Å²) in [6.45, 7) is 4.59. The molecule has 0 radical (unpaired) electrons. The summed E-state index contributed by atoms with van der Waals surface area (Å²) < 4.78 is 1.96. The lowest BCUT2D eigenvalue weighted by atomic mass is 10.2. The summed E-state index contributed by atoms with van der Waals surface area (Å²) >= 11 is 0. The molecule has 2 aliphatic heterocycles. The Morgan fingerprint density at radius 2 is 2.05 bits per heavy atom. The number of nitrogens with zero attached hydrogens (tertiary/aromatic N) is 5. The van der Waals surface area contributed by atoms with E-state index in [9.17, 15) is 0 Å². The van der Waals surface area contributed by atoms with E-state index in [0.29, 0.717) is 11.9 Å². The van der Waals surface area contributed by atoms with Crippen molar-refractivity contribution in [2.24, 2.45) is 0 Å². The predicted molar refractivity (Wildman–Crippen MR) is 78.8 cm³/mol. The fourth-order valence-corrected chi connectivity index (χ4v) is 3.49. The SMILES string of the molecule is Nc1cn2ccnc2c(N2CCC(N3CCCC3)C2)n1. The fourth-order valence-electron chi connectivity index (χ4n) is 3.49. The number of likely N-dealkylation sites (tertiary alicyclic amines) is 1. The Morgan fingerprint density at radius 1 is 1.20 bits per heavy atom. The molecule has 6 heteroatoms. The summed E-state index contributed by atoms with van der Waals surface area (Å²) in [6.07, 6.45) is 9.44. The van der Waals surface area contributed by atoms with Crippen LogP contribution in [-0.2, 0) is 0 Å². The standard InChI is InChI=1S/C14H20N6/c15-12-10-20-8-4-16-13(20)14(17-12)19-7-3-11(9-19)18-5-1-2-6-18/h4,8,10-11H,1-3,5-7,9,15H2. The monoisotopic (exact) mass is 272 g/mol. The maximum atomic E-state index is 5.91. The van der Waals surface area contributed by atoms with Crippen LogP contribution in [0.3, 0.4) is 0 Å². The third-order valence-corrected chi connectivity index (χ3v) is 4.49. The topological polar surface area (TPSA) is 62.7 Å². The highest BCUT2D eigenvalue weighted by Crippen LogP contribution is 2.27. The predicted octanol–water partition coefficient (Wildman–Crippen LogP) is 0.986. The van der Waals surface area contributed by atoms with Gasteiger partial charge in [0.15, 0.2) is 11.5 Å². The number of nitrogens with two attached hydrogens (primary N) is 1. The van der Waals surface area contributed by atoms with Crippen molar-refractivity contribution in [1.82, 2.24) is 19.3 Å². The lowest BCUT2D eigenvalue weighted by molar-refractivity contribution is 0.260. The number of imidazole rings is 1. The number of nitrogen functional groups attached to an aromatic ring is 1. The van der Waals surface area contributed by atoms with Crippen LogP contribution in [0.2, 0.25) is 0 Å². The molecule has 2 saturated heterocycles. The normalized spacial score (nSPS) is 24.0. The van der Waals surface area contributed by atoms with Gasteiger partial charge in [-0.15, -0.1) is 0 Å². The summed E-state index contributed by atoms with van der Waals surface area (Å²) in [5.74, 6) is 1.48. The van der Waals surface area contributed by atoms with Crippen molar-refractivity contribution < 1.29 is 0 Å². The minimum atomic E-state index is 0.551. The van der Waals surface area contributed by atoms with E-state index in [-0.39, 0.29) is 0 Å². The Bertz CT molecular complexity index is 615. The van der Waals surface area contributed by atoms with E-state index in [2.05, 4.69) is 19.8 Å². The number of hydrogen-bond donors (Lipinski definition) is 1. The number of anilines is 2. The summed E-state index contributed by atoms with van der Waals surface area (Å²) in [5.41, 5.74) is 6.82. The Hall–Kier alpha value is -1.82. The number of hydrogen-bond acceptors (Lipinski definition) is 5. The molecule has 6 nitrogen and oxygen atoms in total. The molecular weight excluding hydrogens is 252 g/mol. The first-order valence-corrected chi connectivity index (χ1v) is 7.39. The molecule has 0 aromatic carbocycles. The van der Waals surface area contributed by atoms with E-state index in [1.54, 1.807) is 6.20 Å². The third kappa shape index (κ3) is 1.91. The van der Waals surface area contributed by atoms with E-state index in [1.807, 2.05) is 16.8 Å². The van der Waals surface area contributed by atoms with Crippen LogP contribution in [0.1, 0.15) is 19.3 Å². The van der Waals surface area contributed by atoms with Gasteiger partial charge in [0, 0.05) is 31.5 Å². The molecular formula is C14H20N6. The van der Waals surface area contributed by atoms with E-state index >= 15 is 0 Å². The molecule has 2 fully saturated rings. The molecule has 2 aromatic heterocycles. The lowest BCUT2D eigenvalue weighted by Gasteiger charge is -2.24. The van der Waals surface area contributed by atoms with E-state index in [1.165, 1.54) is 32.4 Å². The fraction of sp³-hybridized carbons (Fsp3) is 0.571. The first-order valence-electron chi connectivity index (χ1n) is 7.39. The maximum absolute atomic E-state index is 5.91. The van der Waals surface area contributed by atoms with Gasteiger partial charge in [-0.3, -0.25) is 4.90 Å². The van der Waals surface area contributed by atoms with E-state index in [0.717, 1.165) is 24.6 Å². The van der Waals surface area contributed by atoms with E-state index < -0.39 is 0 Å². The third-order valence-electron chi connectivity index (χ3n) is 4.49.